The van der Waals surface area contributed by atoms with Crippen molar-refractivity contribution in [2.45, 2.75) is 13.1 Å². The van der Waals surface area contributed by atoms with Crippen LogP contribution in [-0.4, -0.2) is 38.5 Å². The van der Waals surface area contributed by atoms with Crippen molar-refractivity contribution >= 4 is 12.0 Å². The van der Waals surface area contributed by atoms with Crippen LogP contribution in [0.5, 0.6) is 6.01 Å². The number of fused-ring (bicyclic) bond motifs is 1. The SMILES string of the molecule is C=Cn1cc([N+](=O)[O-])nc1OC.CN1Cc2nc(-c3ccc(F)cc3F)oc2C1. The Morgan fingerprint density at radius 1 is 1.34 bits per heavy atom. The van der Waals surface area contributed by atoms with E-state index in [4.69, 9.17) is 9.15 Å². The van der Waals surface area contributed by atoms with Crippen LogP contribution in [0.25, 0.3) is 17.7 Å². The van der Waals surface area contributed by atoms with Gasteiger partial charge in [-0.1, -0.05) is 6.58 Å². The fourth-order valence-electron chi connectivity index (χ4n) is 2.70. The van der Waals surface area contributed by atoms with E-state index >= 15 is 0 Å². The molecule has 152 valence electrons. The summed E-state index contributed by atoms with van der Waals surface area (Å²) in [7, 11) is 3.33. The molecule has 0 aliphatic carbocycles. The lowest BCUT2D eigenvalue weighted by Gasteiger charge is -2.04. The standard InChI is InChI=1S/C12H10F2N2O.C6H7N3O3/c1-16-5-10-11(6-16)17-12(15-10)8-3-2-7(13)4-9(8)14;1-3-8-4-5(9(10)11)7-6(8)12-2/h2-4H,5-6H2,1H3;3-4H,1H2,2H3. The van der Waals surface area contributed by atoms with Gasteiger partial charge in [-0.05, 0) is 24.1 Å². The quantitative estimate of drug-likeness (QED) is 0.484. The molecular weight excluding hydrogens is 388 g/mol. The summed E-state index contributed by atoms with van der Waals surface area (Å²) in [6, 6.07) is 3.52. The van der Waals surface area contributed by atoms with Crippen molar-refractivity contribution in [1.29, 1.82) is 0 Å². The van der Waals surface area contributed by atoms with Gasteiger partial charge in [-0.3, -0.25) is 4.90 Å². The Hall–Kier alpha value is -3.60. The van der Waals surface area contributed by atoms with E-state index in [9.17, 15) is 18.9 Å². The zero-order chi connectivity index (χ0) is 21.1. The van der Waals surface area contributed by atoms with Gasteiger partial charge in [0.25, 0.3) is 0 Å². The number of imidazole rings is 1. The second kappa shape index (κ2) is 8.19. The third-order valence-electron chi connectivity index (χ3n) is 4.02. The summed E-state index contributed by atoms with van der Waals surface area (Å²) in [4.78, 5) is 19.5. The maximum Gasteiger partial charge on any atom is 0.418 e. The molecule has 2 aromatic heterocycles. The molecule has 0 atom stereocenters. The first-order chi connectivity index (χ1) is 13.8. The maximum atomic E-state index is 13.5. The number of hydrogen-bond donors (Lipinski definition) is 0. The van der Waals surface area contributed by atoms with Crippen molar-refractivity contribution in [3.63, 3.8) is 0 Å². The molecule has 3 aromatic rings. The Kier molecular flexibility index (Phi) is 5.69. The summed E-state index contributed by atoms with van der Waals surface area (Å²) in [6.45, 7) is 4.80. The lowest BCUT2D eigenvalue weighted by Crippen LogP contribution is -2.08. The molecule has 29 heavy (non-hydrogen) atoms. The van der Waals surface area contributed by atoms with E-state index in [0.717, 1.165) is 17.5 Å². The van der Waals surface area contributed by atoms with Gasteiger partial charge in [-0.25, -0.2) is 18.3 Å². The minimum Gasteiger partial charge on any atom is -0.449 e. The second-order valence-corrected chi connectivity index (χ2v) is 6.12. The van der Waals surface area contributed by atoms with E-state index in [1.165, 1.54) is 36.2 Å². The minimum atomic E-state index is -0.654. The lowest BCUT2D eigenvalue weighted by molar-refractivity contribution is -0.389. The van der Waals surface area contributed by atoms with Gasteiger partial charge in [0, 0.05) is 23.8 Å². The topological polar surface area (TPSA) is 99.5 Å². The summed E-state index contributed by atoms with van der Waals surface area (Å²) in [5.41, 5.74) is 1.02. The van der Waals surface area contributed by atoms with Crippen LogP contribution in [0, 0.1) is 21.7 Å². The summed E-state index contributed by atoms with van der Waals surface area (Å²) < 4.78 is 37.9. The van der Waals surface area contributed by atoms with Crippen LogP contribution < -0.4 is 4.74 Å². The molecule has 0 N–H and O–H groups in total. The van der Waals surface area contributed by atoms with Crippen molar-refractivity contribution < 1.29 is 22.9 Å². The zero-order valence-electron chi connectivity index (χ0n) is 15.6. The van der Waals surface area contributed by atoms with Crippen LogP contribution in [0.3, 0.4) is 0 Å². The summed E-state index contributed by atoms with van der Waals surface area (Å²) in [5, 5.41) is 10.2. The van der Waals surface area contributed by atoms with Gasteiger partial charge >= 0.3 is 11.8 Å². The molecule has 0 saturated heterocycles. The summed E-state index contributed by atoms with van der Waals surface area (Å²) >= 11 is 0. The Labute approximate surface area is 164 Å². The van der Waals surface area contributed by atoms with Crippen LogP contribution in [0.15, 0.2) is 35.4 Å². The van der Waals surface area contributed by atoms with Crippen LogP contribution in [0.1, 0.15) is 11.5 Å². The molecule has 11 heteroatoms. The lowest BCUT2D eigenvalue weighted by atomic mass is 10.2. The highest BCUT2D eigenvalue weighted by Crippen LogP contribution is 2.29. The van der Waals surface area contributed by atoms with Crippen LogP contribution in [0.4, 0.5) is 14.6 Å². The molecule has 0 radical (unpaired) electrons. The first-order valence-electron chi connectivity index (χ1n) is 8.34. The first-order valence-corrected chi connectivity index (χ1v) is 8.34. The fraction of sp³-hybridized carbons (Fsp3) is 0.222. The number of methoxy groups -OCH3 is 1. The predicted molar refractivity (Wildman–Crippen MR) is 98.8 cm³/mol. The van der Waals surface area contributed by atoms with Gasteiger partial charge in [0.15, 0.2) is 0 Å². The smallest absolute Gasteiger partial charge is 0.418 e. The normalized spacial score (nSPS) is 12.8. The number of ether oxygens (including phenoxy) is 1. The Morgan fingerprint density at radius 3 is 2.66 bits per heavy atom. The van der Waals surface area contributed by atoms with Crippen LogP contribution >= 0.6 is 0 Å². The number of hydrogen-bond acceptors (Lipinski definition) is 7. The Morgan fingerprint density at radius 2 is 2.10 bits per heavy atom. The van der Waals surface area contributed by atoms with Crippen molar-refractivity contribution in [1.82, 2.24) is 19.4 Å². The van der Waals surface area contributed by atoms with E-state index in [-0.39, 0.29) is 23.3 Å². The van der Waals surface area contributed by atoms with E-state index in [2.05, 4.69) is 16.5 Å². The van der Waals surface area contributed by atoms with Gasteiger partial charge in [0.2, 0.25) is 5.89 Å². The predicted octanol–water partition coefficient (Wildman–Crippen LogP) is 3.47. The first kappa shape index (κ1) is 20.1. The summed E-state index contributed by atoms with van der Waals surface area (Å²) in [6.07, 6.45) is 2.60. The average molecular weight is 405 g/mol. The van der Waals surface area contributed by atoms with E-state index in [0.29, 0.717) is 13.1 Å². The highest BCUT2D eigenvalue weighted by Gasteiger charge is 2.24. The third-order valence-corrected chi connectivity index (χ3v) is 4.02. The van der Waals surface area contributed by atoms with Gasteiger partial charge in [0.1, 0.15) is 23.6 Å². The van der Waals surface area contributed by atoms with Crippen molar-refractivity contribution in [2.24, 2.45) is 0 Å². The number of halogens is 2. The average Bonchev–Trinajstić information content (AvgIpc) is 3.34. The number of rotatable bonds is 4. The highest BCUT2D eigenvalue weighted by molar-refractivity contribution is 5.54. The van der Waals surface area contributed by atoms with Gasteiger partial charge < -0.3 is 19.3 Å². The molecule has 0 bridgehead atoms. The van der Waals surface area contributed by atoms with Gasteiger partial charge in [-0.15, -0.1) is 0 Å². The van der Waals surface area contributed by atoms with Crippen molar-refractivity contribution in [3.05, 3.63) is 64.2 Å². The van der Waals surface area contributed by atoms with E-state index in [1.807, 2.05) is 11.9 Å². The molecule has 0 unspecified atom stereocenters. The molecule has 0 saturated carbocycles. The molecular formula is C18H17F2N5O4. The van der Waals surface area contributed by atoms with Crippen molar-refractivity contribution in [3.8, 4) is 17.5 Å². The maximum absolute atomic E-state index is 13.5. The molecule has 1 aliphatic rings. The number of nitro groups is 1. The van der Waals surface area contributed by atoms with E-state index in [1.54, 1.807) is 0 Å². The molecule has 1 aliphatic heterocycles. The minimum absolute atomic E-state index is 0.150. The molecule has 1 aromatic carbocycles. The molecule has 0 spiro atoms. The molecule has 3 heterocycles. The van der Waals surface area contributed by atoms with E-state index < -0.39 is 16.6 Å². The largest absolute Gasteiger partial charge is 0.449 e. The second-order valence-electron chi connectivity index (χ2n) is 6.12. The fourth-order valence-corrected chi connectivity index (χ4v) is 2.70. The summed E-state index contributed by atoms with van der Waals surface area (Å²) in [5.74, 6) is -0.540. The number of oxazole rings is 1. The van der Waals surface area contributed by atoms with Crippen molar-refractivity contribution in [2.75, 3.05) is 14.2 Å². The zero-order valence-corrected chi connectivity index (χ0v) is 15.6. The van der Waals surface area contributed by atoms with Gasteiger partial charge in [0.05, 0.1) is 24.9 Å². The molecule has 0 amide bonds. The molecule has 4 rings (SSSR count). The number of benzene rings is 1. The third kappa shape index (κ3) is 4.29. The Balaban J connectivity index is 0.000000177. The molecule has 0 fully saturated rings. The highest BCUT2D eigenvalue weighted by atomic mass is 19.1. The van der Waals surface area contributed by atoms with Crippen LogP contribution in [-0.2, 0) is 13.1 Å². The Bertz CT molecular complexity index is 1040. The number of aromatic nitrogens is 3. The monoisotopic (exact) mass is 405 g/mol. The number of nitrogens with zero attached hydrogens (tertiary/aromatic N) is 5. The van der Waals surface area contributed by atoms with Gasteiger partial charge in [-0.2, -0.15) is 0 Å². The van der Waals surface area contributed by atoms with Crippen LogP contribution in [0.2, 0.25) is 0 Å². The molecule has 9 nitrogen and oxygen atoms in total.